The molecule has 5 fully saturated rings. The molecule has 0 aromatic rings. The van der Waals surface area contributed by atoms with Gasteiger partial charge in [-0.3, -0.25) is 9.59 Å². The molecule has 1 saturated heterocycles. The Hall–Kier alpha value is -2.11. The van der Waals surface area contributed by atoms with E-state index in [0.29, 0.717) is 53.8 Å². The van der Waals surface area contributed by atoms with Gasteiger partial charge in [0.05, 0.1) is 13.7 Å². The Kier molecular flexibility index (Phi) is 8.04. The molecule has 11 atom stereocenters. The van der Waals surface area contributed by atoms with Gasteiger partial charge in [0.1, 0.15) is 6.10 Å². The molecular weight excluding hydrogens is 514 g/mol. The summed E-state index contributed by atoms with van der Waals surface area (Å²) in [5, 5.41) is 0. The highest BCUT2D eigenvalue weighted by Crippen LogP contribution is 2.69. The summed E-state index contributed by atoms with van der Waals surface area (Å²) >= 11 is 0. The Labute approximate surface area is 247 Å². The summed E-state index contributed by atoms with van der Waals surface area (Å²) in [5.74, 6) is 3.06. The van der Waals surface area contributed by atoms with Gasteiger partial charge < -0.3 is 14.4 Å². The number of ether oxygens (including phenoxy) is 2. The maximum absolute atomic E-state index is 14.3. The molecule has 4 saturated carbocycles. The molecule has 1 heterocycles. The minimum atomic E-state index is -0.138. The molecule has 11 unspecified atom stereocenters. The van der Waals surface area contributed by atoms with Crippen molar-refractivity contribution in [2.75, 3.05) is 13.7 Å². The minimum absolute atomic E-state index is 0.00479. The predicted molar refractivity (Wildman–Crippen MR) is 160 cm³/mol. The topological polar surface area (TPSA) is 72.9 Å². The van der Waals surface area contributed by atoms with Crippen molar-refractivity contribution in [2.24, 2.45) is 51.8 Å². The lowest BCUT2D eigenvalue weighted by molar-refractivity contribution is -0.163. The van der Waals surface area contributed by atoms with E-state index >= 15 is 0 Å². The molecule has 0 spiro atoms. The van der Waals surface area contributed by atoms with Crippen molar-refractivity contribution in [1.82, 2.24) is 4.90 Å². The summed E-state index contributed by atoms with van der Waals surface area (Å²) in [5.41, 5.74) is 3.24. The third-order valence-electron chi connectivity index (χ3n) is 13.2. The second-order valence-corrected chi connectivity index (χ2v) is 15.4. The van der Waals surface area contributed by atoms with E-state index in [0.717, 1.165) is 19.3 Å². The number of hydrogen-bond acceptors (Lipinski definition) is 5. The van der Waals surface area contributed by atoms with Gasteiger partial charge in [0.15, 0.2) is 5.78 Å². The zero-order valence-corrected chi connectivity index (χ0v) is 26.5. The summed E-state index contributed by atoms with van der Waals surface area (Å²) in [6.07, 6.45) is 12.6. The SMILES string of the molecule is C=C(C)C1CCC2(C)CCC3C(=CC(=O)C4C3(C)CCC3C(C)C(N5CC(C)OC5=O)CCC34C)C2C1.COC=O. The van der Waals surface area contributed by atoms with Crippen LogP contribution in [0.4, 0.5) is 4.79 Å². The standard InChI is InChI=1S/C33H49NO3.C2H4O2/c1-19(2)22-8-12-31(5)13-9-25-23(26(31)16-22)17-28(35)29-32(6)15-11-27(34-18-20(3)37-30(34)36)21(4)24(32)10-14-33(25,29)7;1-4-2-3/h17,20-22,24-27,29H,1,8-16,18H2,2-7H3;2H,1H3. The quantitative estimate of drug-likeness (QED) is 0.263. The lowest BCUT2D eigenvalue weighted by atomic mass is 9.38. The van der Waals surface area contributed by atoms with Gasteiger partial charge in [-0.2, -0.15) is 0 Å². The highest BCUT2D eigenvalue weighted by atomic mass is 16.6. The fourth-order valence-corrected chi connectivity index (χ4v) is 11.1. The summed E-state index contributed by atoms with van der Waals surface area (Å²) in [6.45, 7) is 19.4. The number of carbonyl (C=O) groups is 3. The van der Waals surface area contributed by atoms with Crippen LogP contribution in [0.1, 0.15) is 99.3 Å². The Balaban J connectivity index is 0.000000794. The maximum atomic E-state index is 14.3. The van der Waals surface area contributed by atoms with Gasteiger partial charge in [-0.15, -0.1) is 0 Å². The van der Waals surface area contributed by atoms with Crippen LogP contribution in [0.3, 0.4) is 0 Å². The number of fused-ring (bicyclic) bond motifs is 7. The van der Waals surface area contributed by atoms with Crippen molar-refractivity contribution in [3.63, 3.8) is 0 Å². The number of methoxy groups -OCH3 is 1. The lowest BCUT2D eigenvalue weighted by Gasteiger charge is -2.66. The smallest absolute Gasteiger partial charge is 0.410 e. The second kappa shape index (κ2) is 10.9. The second-order valence-electron chi connectivity index (χ2n) is 15.4. The molecule has 41 heavy (non-hydrogen) atoms. The van der Waals surface area contributed by atoms with Crippen LogP contribution in [-0.2, 0) is 19.1 Å². The average molecular weight is 568 g/mol. The number of rotatable bonds is 3. The minimum Gasteiger partial charge on any atom is -0.471 e. The monoisotopic (exact) mass is 567 g/mol. The zero-order valence-electron chi connectivity index (χ0n) is 26.5. The number of amides is 1. The van der Waals surface area contributed by atoms with Crippen molar-refractivity contribution >= 4 is 18.3 Å². The van der Waals surface area contributed by atoms with Gasteiger partial charge in [0, 0.05) is 12.0 Å². The van der Waals surface area contributed by atoms with Crippen LogP contribution in [-0.4, -0.2) is 49.0 Å². The Morgan fingerprint density at radius 3 is 2.29 bits per heavy atom. The summed E-state index contributed by atoms with van der Waals surface area (Å²) in [6, 6.07) is 0.237. The van der Waals surface area contributed by atoms with Crippen molar-refractivity contribution in [3.05, 3.63) is 23.8 Å². The van der Waals surface area contributed by atoms with Crippen LogP contribution >= 0.6 is 0 Å². The first-order valence-electron chi connectivity index (χ1n) is 16.1. The molecule has 0 aromatic heterocycles. The average Bonchev–Trinajstić information content (AvgIpc) is 3.25. The Bertz CT molecular complexity index is 1110. The normalized spacial score (nSPS) is 46.8. The molecule has 228 valence electrons. The molecule has 0 bridgehead atoms. The van der Waals surface area contributed by atoms with Gasteiger partial charge in [-0.25, -0.2) is 4.79 Å². The molecule has 1 amide bonds. The molecule has 0 radical (unpaired) electrons. The number of allylic oxidation sites excluding steroid dienone is 3. The zero-order chi connectivity index (χ0) is 29.9. The van der Waals surface area contributed by atoms with Crippen LogP contribution < -0.4 is 0 Å². The lowest BCUT2D eigenvalue weighted by Crippen LogP contribution is -2.63. The number of carbonyl (C=O) groups excluding carboxylic acids is 3. The molecular formula is C35H53NO5. The van der Waals surface area contributed by atoms with E-state index in [2.05, 4.69) is 52.0 Å². The van der Waals surface area contributed by atoms with E-state index in [4.69, 9.17) is 9.53 Å². The van der Waals surface area contributed by atoms with Gasteiger partial charge in [0.25, 0.3) is 6.47 Å². The van der Waals surface area contributed by atoms with Crippen molar-refractivity contribution in [3.8, 4) is 0 Å². The largest absolute Gasteiger partial charge is 0.471 e. The molecule has 6 nitrogen and oxygen atoms in total. The molecule has 0 N–H and O–H groups in total. The number of ketones is 1. The van der Waals surface area contributed by atoms with Gasteiger partial charge in [-0.1, -0.05) is 45.4 Å². The van der Waals surface area contributed by atoms with Gasteiger partial charge >= 0.3 is 6.09 Å². The highest BCUT2D eigenvalue weighted by molar-refractivity contribution is 5.95. The van der Waals surface area contributed by atoms with Crippen LogP contribution in [0.25, 0.3) is 0 Å². The van der Waals surface area contributed by atoms with Crippen LogP contribution in [0.15, 0.2) is 23.8 Å². The maximum Gasteiger partial charge on any atom is 0.410 e. The van der Waals surface area contributed by atoms with Crippen LogP contribution in [0.2, 0.25) is 0 Å². The van der Waals surface area contributed by atoms with Gasteiger partial charge in [0.2, 0.25) is 0 Å². The van der Waals surface area contributed by atoms with Gasteiger partial charge in [-0.05, 0) is 124 Å². The Morgan fingerprint density at radius 1 is 1.02 bits per heavy atom. The van der Waals surface area contributed by atoms with Crippen LogP contribution in [0.5, 0.6) is 0 Å². The van der Waals surface area contributed by atoms with Crippen molar-refractivity contribution < 1.29 is 23.9 Å². The van der Waals surface area contributed by atoms with Crippen molar-refractivity contribution in [1.29, 1.82) is 0 Å². The fraction of sp³-hybridized carbons (Fsp3) is 0.800. The summed E-state index contributed by atoms with van der Waals surface area (Å²) in [4.78, 5) is 37.9. The van der Waals surface area contributed by atoms with E-state index < -0.39 is 0 Å². The van der Waals surface area contributed by atoms with E-state index in [9.17, 15) is 9.59 Å². The van der Waals surface area contributed by atoms with E-state index in [-0.39, 0.29) is 35.0 Å². The first-order valence-corrected chi connectivity index (χ1v) is 16.1. The number of cyclic esters (lactones) is 1. The summed E-state index contributed by atoms with van der Waals surface area (Å²) in [7, 11) is 1.31. The third kappa shape index (κ3) is 4.79. The first-order chi connectivity index (χ1) is 19.3. The first kappa shape index (κ1) is 30.4. The molecule has 0 aromatic carbocycles. The number of nitrogens with zero attached hydrogens (tertiary/aromatic N) is 1. The summed E-state index contributed by atoms with van der Waals surface area (Å²) < 4.78 is 9.37. The fourth-order valence-electron chi connectivity index (χ4n) is 11.1. The molecule has 6 heteroatoms. The van der Waals surface area contributed by atoms with Crippen molar-refractivity contribution in [2.45, 2.75) is 111 Å². The highest BCUT2D eigenvalue weighted by Gasteiger charge is 2.65. The Morgan fingerprint density at radius 2 is 1.68 bits per heavy atom. The molecule has 6 rings (SSSR count). The molecule has 6 aliphatic rings. The number of hydrogen-bond donors (Lipinski definition) is 0. The van der Waals surface area contributed by atoms with E-state index in [1.165, 1.54) is 56.8 Å². The third-order valence-corrected chi connectivity index (χ3v) is 13.2. The molecule has 1 aliphatic heterocycles. The van der Waals surface area contributed by atoms with Crippen LogP contribution in [0, 0.1) is 51.8 Å². The predicted octanol–water partition coefficient (Wildman–Crippen LogP) is 7.37. The molecule has 5 aliphatic carbocycles. The van der Waals surface area contributed by atoms with E-state index in [1.54, 1.807) is 0 Å². The van der Waals surface area contributed by atoms with E-state index in [1.807, 2.05) is 11.8 Å².